The van der Waals surface area contributed by atoms with Crippen LogP contribution < -0.4 is 16.2 Å². The van der Waals surface area contributed by atoms with E-state index in [1.807, 2.05) is 5.38 Å². The smallest absolute Gasteiger partial charge is 0.279 e. The van der Waals surface area contributed by atoms with E-state index in [0.717, 1.165) is 32.5 Å². The van der Waals surface area contributed by atoms with Gasteiger partial charge < -0.3 is 5.32 Å². The average Bonchev–Trinajstić information content (AvgIpc) is 3.05. The molecule has 1 fully saturated rings. The summed E-state index contributed by atoms with van der Waals surface area (Å²) in [6.45, 7) is 5.19. The number of thiophene rings is 1. The number of hydrogen-bond acceptors (Lipinski definition) is 5. The molecule has 21 heavy (non-hydrogen) atoms. The zero-order valence-corrected chi connectivity index (χ0v) is 13.0. The van der Waals surface area contributed by atoms with Gasteiger partial charge in [-0.05, 0) is 43.9 Å². The van der Waals surface area contributed by atoms with Crippen molar-refractivity contribution in [2.24, 2.45) is 0 Å². The van der Waals surface area contributed by atoms with Crippen LogP contribution in [0, 0.1) is 0 Å². The molecule has 2 amide bonds. The van der Waals surface area contributed by atoms with Gasteiger partial charge in [0.2, 0.25) is 0 Å². The molecule has 1 aliphatic rings. The fraction of sp³-hybridized carbons (Fsp3) is 0.571. The molecule has 3 N–H and O–H groups in total. The van der Waals surface area contributed by atoms with Crippen LogP contribution in [0.5, 0.6) is 0 Å². The fourth-order valence-electron chi connectivity index (χ4n) is 2.49. The van der Waals surface area contributed by atoms with E-state index >= 15 is 0 Å². The molecule has 0 aromatic carbocycles. The number of hydrogen-bond donors (Lipinski definition) is 3. The highest BCUT2D eigenvalue weighted by Crippen LogP contribution is 2.11. The van der Waals surface area contributed by atoms with Crippen molar-refractivity contribution in [1.82, 2.24) is 21.1 Å². The Morgan fingerprint density at radius 3 is 2.76 bits per heavy atom. The van der Waals surface area contributed by atoms with Crippen molar-refractivity contribution in [3.8, 4) is 0 Å². The minimum atomic E-state index is -0.275. The van der Waals surface area contributed by atoms with Gasteiger partial charge >= 0.3 is 0 Å². The van der Waals surface area contributed by atoms with E-state index in [1.54, 1.807) is 12.1 Å². The summed E-state index contributed by atoms with van der Waals surface area (Å²) in [7, 11) is 0. The van der Waals surface area contributed by atoms with Crippen LogP contribution in [0.1, 0.15) is 29.4 Å². The number of rotatable bonds is 5. The van der Waals surface area contributed by atoms with Gasteiger partial charge in [0.1, 0.15) is 0 Å². The Kier molecular flexibility index (Phi) is 6.16. The molecule has 0 atom stereocenters. The van der Waals surface area contributed by atoms with Gasteiger partial charge in [-0.1, -0.05) is 13.0 Å². The Labute approximate surface area is 128 Å². The molecule has 1 aromatic rings. The largest absolute Gasteiger partial charge is 0.317 e. The number of carbonyl (C=O) groups excluding carboxylic acids is 2. The number of amides is 2. The van der Waals surface area contributed by atoms with Crippen molar-refractivity contribution in [2.45, 2.75) is 25.8 Å². The first kappa shape index (κ1) is 15.9. The SMILES string of the molecule is CCN(CC(=O)NNC(=O)c1cccs1)C1CCNCC1. The molecular weight excluding hydrogens is 288 g/mol. The van der Waals surface area contributed by atoms with E-state index in [1.165, 1.54) is 11.3 Å². The second kappa shape index (κ2) is 8.11. The lowest BCUT2D eigenvalue weighted by atomic mass is 10.0. The maximum absolute atomic E-state index is 11.9. The molecule has 0 spiro atoms. The molecule has 0 aliphatic carbocycles. The first-order chi connectivity index (χ1) is 10.2. The Hall–Kier alpha value is -1.44. The number of nitrogens with one attached hydrogen (secondary N) is 3. The standard InChI is InChI=1S/C14H22N4O2S/c1-2-18(11-5-7-15-8-6-11)10-13(19)16-17-14(20)12-4-3-9-21-12/h3-4,9,11,15H,2,5-8,10H2,1H3,(H,16,19)(H,17,20). The fourth-order valence-corrected chi connectivity index (χ4v) is 3.11. The van der Waals surface area contributed by atoms with Gasteiger partial charge in [0.05, 0.1) is 11.4 Å². The molecule has 1 aromatic heterocycles. The van der Waals surface area contributed by atoms with Crippen LogP contribution in [0.3, 0.4) is 0 Å². The summed E-state index contributed by atoms with van der Waals surface area (Å²) in [5, 5.41) is 5.15. The van der Waals surface area contributed by atoms with Crippen LogP contribution in [-0.4, -0.2) is 48.9 Å². The number of likely N-dealkylation sites (N-methyl/N-ethyl adjacent to an activating group) is 1. The Balaban J connectivity index is 1.76. The van der Waals surface area contributed by atoms with Gasteiger partial charge in [0.25, 0.3) is 11.8 Å². The zero-order valence-electron chi connectivity index (χ0n) is 12.2. The lowest BCUT2D eigenvalue weighted by Crippen LogP contribution is -2.50. The van der Waals surface area contributed by atoms with Gasteiger partial charge in [-0.15, -0.1) is 11.3 Å². The third kappa shape index (κ3) is 4.80. The zero-order chi connectivity index (χ0) is 15.1. The summed E-state index contributed by atoms with van der Waals surface area (Å²) in [6, 6.07) is 3.96. The van der Waals surface area contributed by atoms with Crippen molar-refractivity contribution in [3.05, 3.63) is 22.4 Å². The molecule has 2 heterocycles. The molecule has 0 unspecified atom stereocenters. The van der Waals surface area contributed by atoms with Gasteiger partial charge in [-0.2, -0.15) is 0 Å². The number of carbonyl (C=O) groups is 2. The lowest BCUT2D eigenvalue weighted by Gasteiger charge is -2.33. The van der Waals surface area contributed by atoms with E-state index < -0.39 is 0 Å². The highest BCUT2D eigenvalue weighted by Gasteiger charge is 2.21. The average molecular weight is 310 g/mol. The van der Waals surface area contributed by atoms with Crippen LogP contribution in [0.15, 0.2) is 17.5 Å². The maximum atomic E-state index is 11.9. The molecule has 2 rings (SSSR count). The summed E-state index contributed by atoms with van der Waals surface area (Å²) in [5.74, 6) is -0.455. The molecule has 0 saturated carbocycles. The van der Waals surface area contributed by atoms with E-state index in [-0.39, 0.29) is 11.8 Å². The van der Waals surface area contributed by atoms with Crippen molar-refractivity contribution in [2.75, 3.05) is 26.2 Å². The van der Waals surface area contributed by atoms with Gasteiger partial charge in [-0.3, -0.25) is 25.3 Å². The summed E-state index contributed by atoms with van der Waals surface area (Å²) in [4.78, 5) is 26.4. The molecule has 7 heteroatoms. The van der Waals surface area contributed by atoms with Crippen molar-refractivity contribution in [1.29, 1.82) is 0 Å². The summed E-state index contributed by atoms with van der Waals surface area (Å²) in [6.07, 6.45) is 2.12. The first-order valence-corrected chi connectivity index (χ1v) is 8.16. The minimum Gasteiger partial charge on any atom is -0.317 e. The molecular formula is C14H22N4O2S. The summed E-state index contributed by atoms with van der Waals surface area (Å²) in [5.41, 5.74) is 4.94. The second-order valence-corrected chi connectivity index (χ2v) is 5.97. The molecule has 6 nitrogen and oxygen atoms in total. The van der Waals surface area contributed by atoms with Crippen molar-refractivity contribution in [3.63, 3.8) is 0 Å². The monoisotopic (exact) mass is 310 g/mol. The number of hydrazine groups is 1. The Morgan fingerprint density at radius 2 is 2.14 bits per heavy atom. The van der Waals surface area contributed by atoms with E-state index in [9.17, 15) is 9.59 Å². The Morgan fingerprint density at radius 1 is 1.38 bits per heavy atom. The molecule has 0 radical (unpaired) electrons. The summed E-state index contributed by atoms with van der Waals surface area (Å²) < 4.78 is 0. The van der Waals surface area contributed by atoms with Crippen LogP contribution >= 0.6 is 11.3 Å². The molecule has 1 aliphatic heterocycles. The molecule has 116 valence electrons. The highest BCUT2D eigenvalue weighted by atomic mass is 32.1. The van der Waals surface area contributed by atoms with Crippen LogP contribution in [0.2, 0.25) is 0 Å². The van der Waals surface area contributed by atoms with E-state index in [4.69, 9.17) is 0 Å². The summed E-state index contributed by atoms with van der Waals surface area (Å²) >= 11 is 1.34. The number of piperidine rings is 1. The molecule has 0 bridgehead atoms. The Bertz CT molecular complexity index is 458. The third-order valence-corrected chi connectivity index (χ3v) is 4.51. The normalized spacial score (nSPS) is 15.9. The lowest BCUT2D eigenvalue weighted by molar-refractivity contribution is -0.123. The minimum absolute atomic E-state index is 0.180. The third-order valence-electron chi connectivity index (χ3n) is 3.64. The van der Waals surface area contributed by atoms with Gasteiger partial charge in [0, 0.05) is 6.04 Å². The quantitative estimate of drug-likeness (QED) is 0.696. The molecule has 1 saturated heterocycles. The second-order valence-electron chi connectivity index (χ2n) is 5.02. The van der Waals surface area contributed by atoms with Crippen molar-refractivity contribution >= 4 is 23.2 Å². The van der Waals surface area contributed by atoms with Crippen LogP contribution in [-0.2, 0) is 4.79 Å². The predicted octanol–water partition coefficient (Wildman–Crippen LogP) is 0.583. The van der Waals surface area contributed by atoms with Crippen LogP contribution in [0.25, 0.3) is 0 Å². The maximum Gasteiger partial charge on any atom is 0.279 e. The van der Waals surface area contributed by atoms with Gasteiger partial charge in [0.15, 0.2) is 0 Å². The van der Waals surface area contributed by atoms with Crippen molar-refractivity contribution < 1.29 is 9.59 Å². The number of nitrogens with zero attached hydrogens (tertiary/aromatic N) is 1. The topological polar surface area (TPSA) is 73.5 Å². The predicted molar refractivity (Wildman–Crippen MR) is 83.1 cm³/mol. The van der Waals surface area contributed by atoms with E-state index in [2.05, 4.69) is 28.0 Å². The van der Waals surface area contributed by atoms with Gasteiger partial charge in [-0.25, -0.2) is 0 Å². The highest BCUT2D eigenvalue weighted by molar-refractivity contribution is 7.12. The van der Waals surface area contributed by atoms with E-state index in [0.29, 0.717) is 17.5 Å². The first-order valence-electron chi connectivity index (χ1n) is 7.28. The van der Waals surface area contributed by atoms with Crippen LogP contribution in [0.4, 0.5) is 0 Å².